The van der Waals surface area contributed by atoms with Crippen molar-refractivity contribution in [3.63, 3.8) is 0 Å². The third-order valence-corrected chi connectivity index (χ3v) is 4.09. The van der Waals surface area contributed by atoms with E-state index in [1.165, 1.54) is 11.3 Å². The van der Waals surface area contributed by atoms with Gasteiger partial charge in [0.1, 0.15) is 3.79 Å². The van der Waals surface area contributed by atoms with Crippen molar-refractivity contribution in [1.29, 1.82) is 0 Å². The Kier molecular flexibility index (Phi) is 4.31. The lowest BCUT2D eigenvalue weighted by Crippen LogP contribution is -2.33. The third-order valence-electron chi connectivity index (χ3n) is 2.55. The molecule has 0 spiro atoms. The quantitative estimate of drug-likeness (QED) is 0.930. The first-order chi connectivity index (χ1) is 7.77. The molecule has 6 heteroatoms. The van der Waals surface area contributed by atoms with Gasteiger partial charge in [0, 0.05) is 13.2 Å². The minimum Gasteiger partial charge on any atom is -0.381 e. The first-order valence-electron chi connectivity index (χ1n) is 5.22. The molecular formula is C10H13BrN2O2S. The summed E-state index contributed by atoms with van der Waals surface area (Å²) in [7, 11) is 0. The van der Waals surface area contributed by atoms with Crippen LogP contribution in [0.1, 0.15) is 23.3 Å². The fourth-order valence-electron chi connectivity index (χ4n) is 1.67. The summed E-state index contributed by atoms with van der Waals surface area (Å²) in [6.07, 6.45) is 2.21. The van der Waals surface area contributed by atoms with Gasteiger partial charge in [0.15, 0.2) is 5.69 Å². The van der Waals surface area contributed by atoms with Gasteiger partial charge in [0.25, 0.3) is 5.91 Å². The molecule has 16 heavy (non-hydrogen) atoms. The van der Waals surface area contributed by atoms with Crippen molar-refractivity contribution in [2.45, 2.75) is 12.8 Å². The van der Waals surface area contributed by atoms with E-state index in [1.807, 2.05) is 0 Å². The summed E-state index contributed by atoms with van der Waals surface area (Å²) >= 11 is 4.72. The van der Waals surface area contributed by atoms with Crippen LogP contribution in [0.5, 0.6) is 0 Å². The topological polar surface area (TPSA) is 51.2 Å². The van der Waals surface area contributed by atoms with Gasteiger partial charge < -0.3 is 10.1 Å². The predicted octanol–water partition coefficient (Wildman–Crippen LogP) is 2.06. The smallest absolute Gasteiger partial charge is 0.271 e. The van der Waals surface area contributed by atoms with Crippen molar-refractivity contribution in [2.75, 3.05) is 19.8 Å². The van der Waals surface area contributed by atoms with Crippen LogP contribution in [0.25, 0.3) is 0 Å². The molecule has 1 N–H and O–H groups in total. The van der Waals surface area contributed by atoms with Crippen LogP contribution in [0.2, 0.25) is 0 Å². The largest absolute Gasteiger partial charge is 0.381 e. The lowest BCUT2D eigenvalue weighted by atomic mass is 10.0. The number of hydrogen-bond acceptors (Lipinski definition) is 4. The van der Waals surface area contributed by atoms with E-state index in [-0.39, 0.29) is 5.91 Å². The number of aromatic nitrogens is 1. The van der Waals surface area contributed by atoms with Gasteiger partial charge in [-0.15, -0.1) is 11.3 Å². The molecule has 0 aliphatic carbocycles. The van der Waals surface area contributed by atoms with Gasteiger partial charge in [-0.3, -0.25) is 4.79 Å². The van der Waals surface area contributed by atoms with E-state index in [0.717, 1.165) is 29.8 Å². The van der Waals surface area contributed by atoms with Crippen molar-refractivity contribution < 1.29 is 9.53 Å². The summed E-state index contributed by atoms with van der Waals surface area (Å²) in [6, 6.07) is 0. The van der Waals surface area contributed by atoms with Gasteiger partial charge in [-0.1, -0.05) is 0 Å². The standard InChI is InChI=1S/C10H13BrN2O2S/c11-9-8(13-6-16-9)10(14)12-4-7-2-1-3-15-5-7/h6-7H,1-5H2,(H,12,14)/t7-/m1/s1. The molecule has 1 atom stereocenters. The Morgan fingerprint density at radius 1 is 1.75 bits per heavy atom. The number of carbonyl (C=O) groups is 1. The Balaban J connectivity index is 1.81. The average molecular weight is 305 g/mol. The van der Waals surface area contributed by atoms with Gasteiger partial charge in [0.05, 0.1) is 12.1 Å². The van der Waals surface area contributed by atoms with Crippen LogP contribution in [0.15, 0.2) is 9.30 Å². The minimum absolute atomic E-state index is 0.112. The van der Waals surface area contributed by atoms with Gasteiger partial charge in [-0.25, -0.2) is 4.98 Å². The van der Waals surface area contributed by atoms with Crippen LogP contribution in [0.4, 0.5) is 0 Å². The number of thiazole rings is 1. The first kappa shape index (κ1) is 12.0. The summed E-state index contributed by atoms with van der Waals surface area (Å²) in [5.41, 5.74) is 2.13. The zero-order valence-corrected chi connectivity index (χ0v) is 11.1. The van der Waals surface area contributed by atoms with E-state index in [0.29, 0.717) is 18.2 Å². The Labute approximate surface area is 107 Å². The molecular weight excluding hydrogens is 292 g/mol. The maximum Gasteiger partial charge on any atom is 0.271 e. The summed E-state index contributed by atoms with van der Waals surface area (Å²) in [5.74, 6) is 0.328. The van der Waals surface area contributed by atoms with Gasteiger partial charge in [-0.2, -0.15) is 0 Å². The summed E-state index contributed by atoms with van der Waals surface area (Å²) in [6.45, 7) is 2.27. The molecule has 0 bridgehead atoms. The van der Waals surface area contributed by atoms with Gasteiger partial charge in [-0.05, 0) is 34.7 Å². The van der Waals surface area contributed by atoms with E-state index in [1.54, 1.807) is 5.51 Å². The molecule has 4 nitrogen and oxygen atoms in total. The third kappa shape index (κ3) is 3.02. The molecule has 1 fully saturated rings. The molecule has 2 rings (SSSR count). The summed E-state index contributed by atoms with van der Waals surface area (Å²) in [4.78, 5) is 15.7. The molecule has 1 aliphatic heterocycles. The molecule has 0 saturated carbocycles. The van der Waals surface area contributed by atoms with Crippen LogP contribution < -0.4 is 5.32 Å². The molecule has 1 amide bonds. The van der Waals surface area contributed by atoms with Gasteiger partial charge in [0.2, 0.25) is 0 Å². The zero-order chi connectivity index (χ0) is 11.4. The number of hydrogen-bond donors (Lipinski definition) is 1. The molecule has 0 radical (unpaired) electrons. The predicted molar refractivity (Wildman–Crippen MR) is 65.7 cm³/mol. The molecule has 0 unspecified atom stereocenters. The average Bonchev–Trinajstić information content (AvgIpc) is 2.74. The maximum absolute atomic E-state index is 11.7. The maximum atomic E-state index is 11.7. The van der Waals surface area contributed by atoms with E-state index in [4.69, 9.17) is 4.74 Å². The van der Waals surface area contributed by atoms with E-state index in [9.17, 15) is 4.79 Å². The second-order valence-electron chi connectivity index (χ2n) is 3.77. The monoisotopic (exact) mass is 304 g/mol. The highest BCUT2D eigenvalue weighted by molar-refractivity contribution is 9.11. The van der Waals surface area contributed by atoms with Crippen LogP contribution in [-0.4, -0.2) is 30.6 Å². The van der Waals surface area contributed by atoms with Crippen molar-refractivity contribution in [3.8, 4) is 0 Å². The fourth-order valence-corrected chi connectivity index (χ4v) is 2.71. The fraction of sp³-hybridized carbons (Fsp3) is 0.600. The van der Waals surface area contributed by atoms with Crippen LogP contribution in [0.3, 0.4) is 0 Å². The highest BCUT2D eigenvalue weighted by atomic mass is 79.9. The lowest BCUT2D eigenvalue weighted by molar-refractivity contribution is 0.0535. The molecule has 88 valence electrons. The van der Waals surface area contributed by atoms with Gasteiger partial charge >= 0.3 is 0 Å². The van der Waals surface area contributed by atoms with Crippen molar-refractivity contribution in [3.05, 3.63) is 15.0 Å². The molecule has 1 aliphatic rings. The Morgan fingerprint density at radius 3 is 3.25 bits per heavy atom. The van der Waals surface area contributed by atoms with E-state index >= 15 is 0 Å². The molecule has 1 saturated heterocycles. The summed E-state index contributed by atoms with van der Waals surface area (Å²) < 4.78 is 6.14. The van der Waals surface area contributed by atoms with E-state index < -0.39 is 0 Å². The number of carbonyl (C=O) groups excluding carboxylic acids is 1. The second kappa shape index (κ2) is 5.75. The number of amides is 1. The normalized spacial score (nSPS) is 20.7. The van der Waals surface area contributed by atoms with Crippen molar-refractivity contribution >= 4 is 33.2 Å². The molecule has 1 aromatic rings. The van der Waals surface area contributed by atoms with Crippen LogP contribution in [-0.2, 0) is 4.74 Å². The number of rotatable bonds is 3. The summed E-state index contributed by atoms with van der Waals surface area (Å²) in [5, 5.41) is 2.89. The highest BCUT2D eigenvalue weighted by Gasteiger charge is 2.17. The zero-order valence-electron chi connectivity index (χ0n) is 8.74. The lowest BCUT2D eigenvalue weighted by Gasteiger charge is -2.21. The van der Waals surface area contributed by atoms with Crippen molar-refractivity contribution in [1.82, 2.24) is 10.3 Å². The number of nitrogens with one attached hydrogen (secondary N) is 1. The van der Waals surface area contributed by atoms with Crippen molar-refractivity contribution in [2.24, 2.45) is 5.92 Å². The number of nitrogens with zero attached hydrogens (tertiary/aromatic N) is 1. The van der Waals surface area contributed by atoms with E-state index in [2.05, 4.69) is 26.2 Å². The molecule has 1 aromatic heterocycles. The highest BCUT2D eigenvalue weighted by Crippen LogP contribution is 2.20. The Hall–Kier alpha value is -0.460. The molecule has 2 heterocycles. The molecule has 0 aromatic carbocycles. The first-order valence-corrected chi connectivity index (χ1v) is 6.89. The number of ether oxygens (including phenoxy) is 1. The minimum atomic E-state index is -0.112. The van der Waals surface area contributed by atoms with Crippen LogP contribution in [0, 0.1) is 5.92 Å². The second-order valence-corrected chi connectivity index (χ2v) is 5.94. The number of halogens is 1. The van der Waals surface area contributed by atoms with Crippen LogP contribution >= 0.6 is 27.3 Å². The SMILES string of the molecule is O=C(NC[C@H]1CCCOC1)c1ncsc1Br. The Morgan fingerprint density at radius 2 is 2.62 bits per heavy atom. The Bertz CT molecular complexity index is 363.